The van der Waals surface area contributed by atoms with Crippen LogP contribution in [0.5, 0.6) is 0 Å². The van der Waals surface area contributed by atoms with Gasteiger partial charge in [0.1, 0.15) is 0 Å². The Morgan fingerprint density at radius 2 is 2.05 bits per heavy atom. The number of rotatable bonds is 6. The van der Waals surface area contributed by atoms with E-state index in [0.717, 1.165) is 6.54 Å². The molecule has 0 spiro atoms. The third-order valence-corrected chi connectivity index (χ3v) is 3.14. The summed E-state index contributed by atoms with van der Waals surface area (Å²) in [5, 5.41) is 21.9. The first-order valence-electron chi connectivity index (χ1n) is 6.53. The van der Waals surface area contributed by atoms with Gasteiger partial charge in [0.15, 0.2) is 0 Å². The molecule has 104 valence electrons. The summed E-state index contributed by atoms with van der Waals surface area (Å²) in [7, 11) is 0. The van der Waals surface area contributed by atoms with Crippen molar-refractivity contribution < 1.29 is 9.34 Å². The van der Waals surface area contributed by atoms with E-state index in [9.17, 15) is 10.1 Å². The molecule has 0 unspecified atom stereocenters. The predicted octanol–water partition coefficient (Wildman–Crippen LogP) is 1.94. The van der Waals surface area contributed by atoms with Crippen molar-refractivity contribution in [1.29, 1.82) is 0 Å². The lowest BCUT2D eigenvalue weighted by molar-refractivity contribution is -0.384. The van der Waals surface area contributed by atoms with Crippen molar-refractivity contribution in [2.24, 2.45) is 0 Å². The highest BCUT2D eigenvalue weighted by atomic mass is 16.6. The number of nitro groups is 1. The summed E-state index contributed by atoms with van der Waals surface area (Å²) < 4.78 is 5.54. The molecule has 1 aromatic heterocycles. The number of nitrogens with one attached hydrogen (secondary N) is 1. The third-order valence-electron chi connectivity index (χ3n) is 3.14. The first-order chi connectivity index (χ1) is 9.72. The fraction of sp³-hybridized carbons (Fsp3) is 0.385. The molecule has 1 fully saturated rings. The molecular formula is C13H14N4O3. The predicted molar refractivity (Wildman–Crippen MR) is 71.1 cm³/mol. The molecular weight excluding hydrogens is 260 g/mol. The van der Waals surface area contributed by atoms with Crippen LogP contribution in [-0.2, 0) is 6.42 Å². The van der Waals surface area contributed by atoms with Crippen LogP contribution in [0.2, 0.25) is 0 Å². The van der Waals surface area contributed by atoms with Crippen molar-refractivity contribution >= 4 is 5.69 Å². The molecule has 1 heterocycles. The summed E-state index contributed by atoms with van der Waals surface area (Å²) in [6.45, 7) is 0.826. The summed E-state index contributed by atoms with van der Waals surface area (Å²) >= 11 is 0. The van der Waals surface area contributed by atoms with Gasteiger partial charge >= 0.3 is 0 Å². The third kappa shape index (κ3) is 3.00. The summed E-state index contributed by atoms with van der Waals surface area (Å²) in [5.41, 5.74) is 0.728. The van der Waals surface area contributed by atoms with Crippen LogP contribution in [0.15, 0.2) is 28.7 Å². The van der Waals surface area contributed by atoms with Gasteiger partial charge in [-0.2, -0.15) is 0 Å². The second-order valence-corrected chi connectivity index (χ2v) is 4.78. The highest BCUT2D eigenvalue weighted by Crippen LogP contribution is 2.21. The van der Waals surface area contributed by atoms with Gasteiger partial charge in [0.05, 0.1) is 4.92 Å². The quantitative estimate of drug-likeness (QED) is 0.639. The van der Waals surface area contributed by atoms with Gasteiger partial charge in [-0.1, -0.05) is 0 Å². The van der Waals surface area contributed by atoms with E-state index in [1.54, 1.807) is 12.1 Å². The van der Waals surface area contributed by atoms with E-state index in [1.165, 1.54) is 25.0 Å². The van der Waals surface area contributed by atoms with Gasteiger partial charge in [0.2, 0.25) is 11.8 Å². The smallest absolute Gasteiger partial charge is 0.269 e. The minimum atomic E-state index is -0.438. The normalized spacial score (nSPS) is 14.4. The van der Waals surface area contributed by atoms with E-state index in [4.69, 9.17) is 4.42 Å². The Morgan fingerprint density at radius 3 is 2.70 bits per heavy atom. The minimum absolute atomic E-state index is 0.0436. The van der Waals surface area contributed by atoms with Gasteiger partial charge in [0, 0.05) is 36.7 Å². The molecule has 2 aromatic rings. The summed E-state index contributed by atoms with van der Waals surface area (Å²) in [6.07, 6.45) is 3.19. The number of nitrogens with zero attached hydrogens (tertiary/aromatic N) is 3. The summed E-state index contributed by atoms with van der Waals surface area (Å²) in [6, 6.07) is 6.73. The number of nitro benzene ring substituents is 1. The molecule has 3 rings (SSSR count). The lowest BCUT2D eigenvalue weighted by Crippen LogP contribution is -2.19. The van der Waals surface area contributed by atoms with E-state index in [-0.39, 0.29) is 5.69 Å². The van der Waals surface area contributed by atoms with Gasteiger partial charge in [-0.25, -0.2) is 0 Å². The van der Waals surface area contributed by atoms with E-state index in [2.05, 4.69) is 15.5 Å². The monoisotopic (exact) mass is 274 g/mol. The lowest BCUT2D eigenvalue weighted by Gasteiger charge is -1.98. The molecule has 1 aliphatic rings. The van der Waals surface area contributed by atoms with Crippen molar-refractivity contribution in [1.82, 2.24) is 15.5 Å². The molecule has 1 aromatic carbocycles. The molecule has 1 aliphatic carbocycles. The molecule has 0 saturated heterocycles. The number of hydrogen-bond donors (Lipinski definition) is 1. The first-order valence-corrected chi connectivity index (χ1v) is 6.53. The fourth-order valence-corrected chi connectivity index (χ4v) is 1.87. The van der Waals surface area contributed by atoms with Crippen LogP contribution >= 0.6 is 0 Å². The highest BCUT2D eigenvalue weighted by Gasteiger charge is 2.20. The molecule has 1 N–H and O–H groups in total. The zero-order valence-corrected chi connectivity index (χ0v) is 10.8. The van der Waals surface area contributed by atoms with E-state index >= 15 is 0 Å². The topological polar surface area (TPSA) is 94.1 Å². The average molecular weight is 274 g/mol. The zero-order valence-electron chi connectivity index (χ0n) is 10.8. The molecule has 7 nitrogen and oxygen atoms in total. The van der Waals surface area contributed by atoms with E-state index in [0.29, 0.717) is 29.8 Å². The molecule has 7 heteroatoms. The number of aromatic nitrogens is 2. The summed E-state index contributed by atoms with van der Waals surface area (Å²) in [5.74, 6) is 0.966. The number of non-ortho nitro benzene ring substituents is 1. The van der Waals surface area contributed by atoms with Gasteiger partial charge in [0.25, 0.3) is 5.69 Å². The Labute approximate surface area is 115 Å². The molecule has 0 radical (unpaired) electrons. The number of benzene rings is 1. The highest BCUT2D eigenvalue weighted by molar-refractivity contribution is 5.55. The zero-order chi connectivity index (χ0) is 13.9. The largest absolute Gasteiger partial charge is 0.421 e. The first kappa shape index (κ1) is 12.7. The average Bonchev–Trinajstić information content (AvgIpc) is 3.15. The minimum Gasteiger partial charge on any atom is -0.421 e. The van der Waals surface area contributed by atoms with Crippen LogP contribution in [0.3, 0.4) is 0 Å². The van der Waals surface area contributed by atoms with Crippen LogP contribution in [0.25, 0.3) is 11.5 Å². The van der Waals surface area contributed by atoms with Crippen molar-refractivity contribution in [2.45, 2.75) is 25.3 Å². The molecule has 0 atom stereocenters. The van der Waals surface area contributed by atoms with Gasteiger partial charge in [-0.15, -0.1) is 10.2 Å². The second kappa shape index (κ2) is 5.38. The second-order valence-electron chi connectivity index (χ2n) is 4.78. The maximum atomic E-state index is 10.6. The molecule has 20 heavy (non-hydrogen) atoms. The Hall–Kier alpha value is -2.28. The Balaban J connectivity index is 1.64. The van der Waals surface area contributed by atoms with Crippen molar-refractivity contribution in [3.05, 3.63) is 40.3 Å². The van der Waals surface area contributed by atoms with E-state index in [1.807, 2.05) is 0 Å². The number of hydrogen-bond acceptors (Lipinski definition) is 6. The van der Waals surface area contributed by atoms with Crippen LogP contribution in [0, 0.1) is 10.1 Å². The van der Waals surface area contributed by atoms with Gasteiger partial charge in [-0.05, 0) is 25.0 Å². The van der Waals surface area contributed by atoms with Crippen LogP contribution in [0.1, 0.15) is 18.7 Å². The molecule has 0 aliphatic heterocycles. The van der Waals surface area contributed by atoms with Crippen molar-refractivity contribution in [2.75, 3.05) is 6.54 Å². The maximum absolute atomic E-state index is 10.6. The molecule has 0 amide bonds. The van der Waals surface area contributed by atoms with E-state index < -0.39 is 4.92 Å². The maximum Gasteiger partial charge on any atom is 0.269 e. The summed E-state index contributed by atoms with van der Waals surface area (Å²) in [4.78, 5) is 10.1. The molecule has 1 saturated carbocycles. The Morgan fingerprint density at radius 1 is 1.30 bits per heavy atom. The molecule has 0 bridgehead atoms. The van der Waals surface area contributed by atoms with Gasteiger partial charge in [-0.3, -0.25) is 10.1 Å². The van der Waals surface area contributed by atoms with Crippen molar-refractivity contribution in [3.8, 4) is 11.5 Å². The van der Waals surface area contributed by atoms with Crippen LogP contribution in [-0.4, -0.2) is 27.7 Å². The standard InChI is InChI=1S/C13H14N4O3/c18-17(19)11-5-1-9(2-6-11)13-16-15-12(20-13)7-8-14-10-3-4-10/h1-2,5-6,10,14H,3-4,7-8H2. The van der Waals surface area contributed by atoms with Crippen LogP contribution in [0.4, 0.5) is 5.69 Å². The Bertz CT molecular complexity index is 604. The van der Waals surface area contributed by atoms with Crippen molar-refractivity contribution in [3.63, 3.8) is 0 Å². The lowest BCUT2D eigenvalue weighted by atomic mass is 10.2. The van der Waals surface area contributed by atoms with Gasteiger partial charge < -0.3 is 9.73 Å². The fourth-order valence-electron chi connectivity index (χ4n) is 1.87. The SMILES string of the molecule is O=[N+]([O-])c1ccc(-c2nnc(CCNC3CC3)o2)cc1. The Kier molecular flexibility index (Phi) is 3.42. The van der Waals surface area contributed by atoms with Crippen LogP contribution < -0.4 is 5.32 Å².